The number of anilines is 1. The Kier molecular flexibility index (Phi) is 3.39. The van der Waals surface area contributed by atoms with Crippen LogP contribution in [0.3, 0.4) is 0 Å². The molecule has 3 rings (SSSR count). The highest BCUT2D eigenvalue weighted by Crippen LogP contribution is 2.12. The smallest absolute Gasteiger partial charge is 0.259 e. The molecule has 0 saturated carbocycles. The predicted octanol–water partition coefficient (Wildman–Crippen LogP) is 2.47. The number of nitrogens with zero attached hydrogens (tertiary/aromatic N) is 3. The topological polar surface area (TPSA) is 37.6 Å². The Balaban J connectivity index is 1.92. The summed E-state index contributed by atoms with van der Waals surface area (Å²) in [4.78, 5) is 18.4. The summed E-state index contributed by atoms with van der Waals surface area (Å²) in [6.07, 6.45) is 1.69. The van der Waals surface area contributed by atoms with Crippen LogP contribution in [0, 0.1) is 5.82 Å². The Hall–Kier alpha value is -2.69. The van der Waals surface area contributed by atoms with E-state index in [0.29, 0.717) is 18.0 Å². The Morgan fingerprint density at radius 2 is 1.95 bits per heavy atom. The van der Waals surface area contributed by atoms with Crippen molar-refractivity contribution in [2.45, 2.75) is 6.54 Å². The standard InChI is InChI=1S/C16H14FN3O/c1-19(11-12-5-7-13(17)8-6-12)15-10-16(21)20-9-3-2-4-14(20)18-15/h2-10H,11H2,1H3. The van der Waals surface area contributed by atoms with Crippen LogP contribution in [0.2, 0.25) is 0 Å². The summed E-state index contributed by atoms with van der Waals surface area (Å²) < 4.78 is 14.4. The molecule has 0 N–H and O–H groups in total. The van der Waals surface area contributed by atoms with E-state index in [1.54, 1.807) is 30.5 Å². The fourth-order valence-corrected chi connectivity index (χ4v) is 2.18. The highest BCUT2D eigenvalue weighted by Gasteiger charge is 2.07. The fraction of sp³-hybridized carbons (Fsp3) is 0.125. The van der Waals surface area contributed by atoms with E-state index in [4.69, 9.17) is 0 Å². The molecule has 1 aromatic carbocycles. The van der Waals surface area contributed by atoms with Gasteiger partial charge < -0.3 is 4.90 Å². The quantitative estimate of drug-likeness (QED) is 0.741. The first kappa shape index (κ1) is 13.3. The third kappa shape index (κ3) is 2.76. The zero-order valence-corrected chi connectivity index (χ0v) is 11.5. The molecule has 0 amide bonds. The summed E-state index contributed by atoms with van der Waals surface area (Å²) in [5.41, 5.74) is 1.43. The minimum absolute atomic E-state index is 0.124. The zero-order chi connectivity index (χ0) is 14.8. The lowest BCUT2D eigenvalue weighted by molar-refractivity contribution is 0.627. The summed E-state index contributed by atoms with van der Waals surface area (Å²) in [5.74, 6) is 0.332. The second-order valence-electron chi connectivity index (χ2n) is 4.86. The van der Waals surface area contributed by atoms with Crippen LogP contribution in [-0.2, 0) is 6.54 Å². The molecule has 3 aromatic rings. The highest BCUT2D eigenvalue weighted by atomic mass is 19.1. The van der Waals surface area contributed by atoms with Gasteiger partial charge in [0.05, 0.1) is 0 Å². The molecule has 0 bridgehead atoms. The van der Waals surface area contributed by atoms with E-state index in [-0.39, 0.29) is 11.4 Å². The van der Waals surface area contributed by atoms with Crippen molar-refractivity contribution in [3.63, 3.8) is 0 Å². The van der Waals surface area contributed by atoms with E-state index in [1.165, 1.54) is 22.6 Å². The molecule has 0 aliphatic carbocycles. The van der Waals surface area contributed by atoms with Gasteiger partial charge in [-0.15, -0.1) is 0 Å². The normalized spacial score (nSPS) is 10.8. The van der Waals surface area contributed by atoms with E-state index in [9.17, 15) is 9.18 Å². The first-order valence-electron chi connectivity index (χ1n) is 6.57. The number of fused-ring (bicyclic) bond motifs is 1. The molecular weight excluding hydrogens is 269 g/mol. The molecule has 0 radical (unpaired) electrons. The van der Waals surface area contributed by atoms with Gasteiger partial charge in [0.2, 0.25) is 0 Å². The molecule has 0 spiro atoms. The number of hydrogen-bond donors (Lipinski definition) is 0. The number of pyridine rings is 1. The lowest BCUT2D eigenvalue weighted by Crippen LogP contribution is -2.22. The van der Waals surface area contributed by atoms with Gasteiger partial charge in [-0.05, 0) is 29.8 Å². The van der Waals surface area contributed by atoms with Gasteiger partial charge in [-0.3, -0.25) is 9.20 Å². The first-order chi connectivity index (χ1) is 10.1. The van der Waals surface area contributed by atoms with Crippen LogP contribution in [0.4, 0.5) is 10.2 Å². The maximum atomic E-state index is 12.9. The van der Waals surface area contributed by atoms with Crippen molar-refractivity contribution < 1.29 is 4.39 Å². The van der Waals surface area contributed by atoms with Crippen LogP contribution in [0.25, 0.3) is 5.65 Å². The number of rotatable bonds is 3. The fourth-order valence-electron chi connectivity index (χ4n) is 2.18. The third-order valence-electron chi connectivity index (χ3n) is 3.28. The maximum absolute atomic E-state index is 12.9. The van der Waals surface area contributed by atoms with Gasteiger partial charge in [-0.2, -0.15) is 0 Å². The van der Waals surface area contributed by atoms with Gasteiger partial charge in [0.25, 0.3) is 5.56 Å². The lowest BCUT2D eigenvalue weighted by Gasteiger charge is -2.18. The van der Waals surface area contributed by atoms with Crippen LogP contribution in [0.1, 0.15) is 5.56 Å². The number of aromatic nitrogens is 2. The third-order valence-corrected chi connectivity index (χ3v) is 3.28. The molecule has 0 atom stereocenters. The van der Waals surface area contributed by atoms with Gasteiger partial charge in [0.1, 0.15) is 17.3 Å². The molecule has 2 heterocycles. The molecule has 0 aliphatic rings. The molecule has 0 saturated heterocycles. The minimum atomic E-state index is -0.261. The van der Waals surface area contributed by atoms with Gasteiger partial charge in [0, 0.05) is 25.9 Å². The van der Waals surface area contributed by atoms with E-state index in [2.05, 4.69) is 4.98 Å². The summed E-state index contributed by atoms with van der Waals surface area (Å²) in [5, 5.41) is 0. The molecule has 4 nitrogen and oxygen atoms in total. The van der Waals surface area contributed by atoms with E-state index in [0.717, 1.165) is 5.56 Å². The van der Waals surface area contributed by atoms with E-state index in [1.807, 2.05) is 18.0 Å². The van der Waals surface area contributed by atoms with Gasteiger partial charge in [-0.25, -0.2) is 9.37 Å². The average molecular weight is 283 g/mol. The van der Waals surface area contributed by atoms with Gasteiger partial charge in [-0.1, -0.05) is 18.2 Å². The number of hydrogen-bond acceptors (Lipinski definition) is 3. The minimum Gasteiger partial charge on any atom is -0.355 e. The lowest BCUT2D eigenvalue weighted by atomic mass is 10.2. The van der Waals surface area contributed by atoms with Crippen molar-refractivity contribution in [2.24, 2.45) is 0 Å². The van der Waals surface area contributed by atoms with Crippen LogP contribution in [0.15, 0.2) is 59.5 Å². The highest BCUT2D eigenvalue weighted by molar-refractivity contribution is 5.47. The number of benzene rings is 1. The molecule has 21 heavy (non-hydrogen) atoms. The first-order valence-corrected chi connectivity index (χ1v) is 6.57. The SMILES string of the molecule is CN(Cc1ccc(F)cc1)c1cc(=O)n2ccccc2n1. The van der Waals surface area contributed by atoms with E-state index >= 15 is 0 Å². The monoisotopic (exact) mass is 283 g/mol. The predicted molar refractivity (Wildman–Crippen MR) is 80.0 cm³/mol. The van der Waals surface area contributed by atoms with Gasteiger partial charge in [0.15, 0.2) is 0 Å². The van der Waals surface area contributed by atoms with Crippen LogP contribution in [-0.4, -0.2) is 16.4 Å². The number of halogens is 1. The Bertz CT molecular complexity index is 827. The molecular formula is C16H14FN3O. The molecule has 5 heteroatoms. The second-order valence-corrected chi connectivity index (χ2v) is 4.86. The average Bonchev–Trinajstić information content (AvgIpc) is 2.49. The van der Waals surface area contributed by atoms with Crippen molar-refractivity contribution in [2.75, 3.05) is 11.9 Å². The van der Waals surface area contributed by atoms with Crippen LogP contribution in [0.5, 0.6) is 0 Å². The Morgan fingerprint density at radius 3 is 2.71 bits per heavy atom. The molecule has 0 fully saturated rings. The van der Waals surface area contributed by atoms with E-state index < -0.39 is 0 Å². The summed E-state index contributed by atoms with van der Waals surface area (Å²) in [6, 6.07) is 13.2. The molecule has 0 aliphatic heterocycles. The molecule has 106 valence electrons. The summed E-state index contributed by atoms with van der Waals surface area (Å²) >= 11 is 0. The largest absolute Gasteiger partial charge is 0.355 e. The molecule has 0 unspecified atom stereocenters. The second kappa shape index (κ2) is 5.36. The van der Waals surface area contributed by atoms with Crippen molar-refractivity contribution in [3.05, 3.63) is 76.5 Å². The van der Waals surface area contributed by atoms with Gasteiger partial charge >= 0.3 is 0 Å². The molecule has 2 aromatic heterocycles. The van der Waals surface area contributed by atoms with Crippen molar-refractivity contribution in [1.29, 1.82) is 0 Å². The van der Waals surface area contributed by atoms with Crippen LogP contribution < -0.4 is 10.5 Å². The van der Waals surface area contributed by atoms with Crippen molar-refractivity contribution in [3.8, 4) is 0 Å². The Morgan fingerprint density at radius 1 is 1.19 bits per heavy atom. The Labute approximate surface area is 121 Å². The maximum Gasteiger partial charge on any atom is 0.259 e. The summed E-state index contributed by atoms with van der Waals surface area (Å²) in [7, 11) is 1.85. The van der Waals surface area contributed by atoms with Crippen LogP contribution >= 0.6 is 0 Å². The van der Waals surface area contributed by atoms with Crippen molar-refractivity contribution in [1.82, 2.24) is 9.38 Å². The summed E-state index contributed by atoms with van der Waals surface area (Å²) in [6.45, 7) is 0.551. The zero-order valence-electron chi connectivity index (χ0n) is 11.5. The van der Waals surface area contributed by atoms with Crippen molar-refractivity contribution >= 4 is 11.5 Å².